The lowest BCUT2D eigenvalue weighted by atomic mass is 9.98. The molecule has 6 rings (SSSR count). The molecule has 2 aromatic rings. The van der Waals surface area contributed by atoms with Gasteiger partial charge in [0.1, 0.15) is 23.4 Å². The fourth-order valence-electron chi connectivity index (χ4n) is 5.71. The second-order valence-corrected chi connectivity index (χ2v) is 13.5. The van der Waals surface area contributed by atoms with Crippen molar-refractivity contribution in [2.45, 2.75) is 64.3 Å². The van der Waals surface area contributed by atoms with Gasteiger partial charge in [-0.3, -0.25) is 0 Å². The molecule has 2 aliphatic heterocycles. The molecule has 0 bridgehead atoms. The van der Waals surface area contributed by atoms with Crippen LogP contribution in [0.1, 0.15) is 64.0 Å². The molecule has 1 saturated heterocycles. The number of sulfonamides is 1. The van der Waals surface area contributed by atoms with E-state index in [1.54, 1.807) is 24.7 Å². The summed E-state index contributed by atoms with van der Waals surface area (Å²) in [4.78, 5) is 26.0. The van der Waals surface area contributed by atoms with Crippen molar-refractivity contribution in [1.82, 2.24) is 29.6 Å². The Bertz CT molecular complexity index is 1350. The van der Waals surface area contributed by atoms with Gasteiger partial charge in [-0.05, 0) is 64.2 Å². The largest absolute Gasteiger partial charge is 0.480 e. The van der Waals surface area contributed by atoms with E-state index in [0.29, 0.717) is 55.1 Å². The van der Waals surface area contributed by atoms with E-state index < -0.39 is 10.0 Å². The first kappa shape index (κ1) is 26.4. The van der Waals surface area contributed by atoms with Crippen molar-refractivity contribution in [3.63, 3.8) is 0 Å². The molecule has 0 aromatic carbocycles. The Morgan fingerprint density at radius 2 is 1.87 bits per heavy atom. The molecule has 11 nitrogen and oxygen atoms in total. The number of methoxy groups -OCH3 is 1. The number of hydrogen-bond acceptors (Lipinski definition) is 10. The number of rotatable bonds is 9. The van der Waals surface area contributed by atoms with E-state index >= 15 is 0 Å². The summed E-state index contributed by atoms with van der Waals surface area (Å²) < 4.78 is 31.7. The molecule has 12 heteroatoms. The minimum Gasteiger partial charge on any atom is -0.480 e. The van der Waals surface area contributed by atoms with Crippen LogP contribution in [0.5, 0.6) is 5.88 Å². The third kappa shape index (κ3) is 5.45. The first-order valence-corrected chi connectivity index (χ1v) is 15.8. The van der Waals surface area contributed by atoms with E-state index in [1.165, 1.54) is 12.8 Å². The molecule has 4 aliphatic rings. The normalized spacial score (nSPS) is 21.3. The van der Waals surface area contributed by atoms with Crippen LogP contribution in [0.4, 0.5) is 11.5 Å². The lowest BCUT2D eigenvalue weighted by Gasteiger charge is -2.36. The summed E-state index contributed by atoms with van der Waals surface area (Å²) in [6, 6.07) is 0.332. The number of fused-ring (bicyclic) bond motifs is 1. The van der Waals surface area contributed by atoms with Gasteiger partial charge in [0.15, 0.2) is 11.6 Å². The highest BCUT2D eigenvalue weighted by atomic mass is 32.2. The van der Waals surface area contributed by atoms with E-state index in [0.717, 1.165) is 60.8 Å². The molecule has 39 heavy (non-hydrogen) atoms. The van der Waals surface area contributed by atoms with E-state index in [4.69, 9.17) is 19.7 Å². The number of aliphatic imine (C=N–C) groups is 1. The molecule has 3 fully saturated rings. The Morgan fingerprint density at radius 1 is 1.10 bits per heavy atom. The Labute approximate surface area is 230 Å². The number of anilines is 1. The molecule has 0 spiro atoms. The molecule has 0 amide bonds. The van der Waals surface area contributed by atoms with E-state index in [1.807, 2.05) is 6.20 Å². The van der Waals surface area contributed by atoms with Crippen molar-refractivity contribution in [3.05, 3.63) is 18.2 Å². The standard InChI is InChI=1S/C27H38N8O3S/c1-4-39(36,37)34-11-9-18(10-12-34)13-28-22-15-35(17(2)19-5-6-19)26-21(32-22)14-29-25(33-26)23-24(20-7-8-20)30-16-31-27(23)38-3/h14,16-20H,4-13,15H2,1-3H3,(H,28,32)/t17-/m0/s1. The van der Waals surface area contributed by atoms with Gasteiger partial charge in [-0.2, -0.15) is 0 Å². The third-order valence-electron chi connectivity index (χ3n) is 8.54. The zero-order chi connectivity index (χ0) is 27.1. The van der Waals surface area contributed by atoms with E-state index in [9.17, 15) is 8.42 Å². The predicted octanol–water partition coefficient (Wildman–Crippen LogP) is 3.12. The van der Waals surface area contributed by atoms with Gasteiger partial charge in [-0.25, -0.2) is 37.7 Å². The highest BCUT2D eigenvalue weighted by Crippen LogP contribution is 2.46. The SMILES string of the molecule is CCS(=O)(=O)N1CCC(CNC2=Nc3cnc(-c4c(OC)ncnc4C4CC4)nc3N([C@@H](C)C3CC3)C2)CC1. The van der Waals surface area contributed by atoms with Gasteiger partial charge in [0.25, 0.3) is 0 Å². The number of nitrogens with one attached hydrogen (secondary N) is 1. The van der Waals surface area contributed by atoms with Crippen LogP contribution in [-0.4, -0.2) is 83.6 Å². The van der Waals surface area contributed by atoms with Crippen molar-refractivity contribution >= 4 is 27.4 Å². The number of amidine groups is 1. The number of piperidine rings is 1. The maximum atomic E-state index is 12.2. The zero-order valence-electron chi connectivity index (χ0n) is 23.0. The molecule has 0 unspecified atom stereocenters. The van der Waals surface area contributed by atoms with Crippen LogP contribution < -0.4 is 15.0 Å². The Kier molecular flexibility index (Phi) is 7.17. The number of nitrogens with zero attached hydrogens (tertiary/aromatic N) is 7. The monoisotopic (exact) mass is 554 g/mol. The molecule has 210 valence electrons. The Balaban J connectivity index is 1.23. The average molecular weight is 555 g/mol. The summed E-state index contributed by atoms with van der Waals surface area (Å²) in [7, 11) is -1.49. The molecular formula is C27H38N8O3S. The van der Waals surface area contributed by atoms with Crippen LogP contribution in [0.3, 0.4) is 0 Å². The van der Waals surface area contributed by atoms with Gasteiger partial charge in [0.2, 0.25) is 15.9 Å². The summed E-state index contributed by atoms with van der Waals surface area (Å²) in [6.07, 6.45) is 9.76. The maximum absolute atomic E-state index is 12.2. The Morgan fingerprint density at radius 3 is 2.54 bits per heavy atom. The first-order chi connectivity index (χ1) is 18.9. The van der Waals surface area contributed by atoms with Crippen molar-refractivity contribution in [3.8, 4) is 17.3 Å². The van der Waals surface area contributed by atoms with Crippen molar-refractivity contribution in [2.75, 3.05) is 43.9 Å². The number of ether oxygens (including phenoxy) is 1. The van der Waals surface area contributed by atoms with E-state index in [2.05, 4.69) is 27.1 Å². The summed E-state index contributed by atoms with van der Waals surface area (Å²) in [5.41, 5.74) is 2.50. The number of hydrogen-bond donors (Lipinski definition) is 1. The summed E-state index contributed by atoms with van der Waals surface area (Å²) in [6.45, 7) is 6.60. The molecule has 1 N–H and O–H groups in total. The molecule has 2 saturated carbocycles. The fourth-order valence-corrected chi connectivity index (χ4v) is 6.84. The topological polar surface area (TPSA) is 126 Å². The second kappa shape index (κ2) is 10.6. The molecule has 0 radical (unpaired) electrons. The summed E-state index contributed by atoms with van der Waals surface area (Å²) in [5, 5.41) is 3.59. The van der Waals surface area contributed by atoms with Crippen LogP contribution in [0, 0.1) is 11.8 Å². The average Bonchev–Trinajstić information content (AvgIpc) is 3.88. The van der Waals surface area contributed by atoms with Crippen molar-refractivity contribution < 1.29 is 13.2 Å². The lowest BCUT2D eigenvalue weighted by molar-refractivity contribution is 0.274. The zero-order valence-corrected chi connectivity index (χ0v) is 23.8. The molecular weight excluding hydrogens is 516 g/mol. The van der Waals surface area contributed by atoms with Crippen LogP contribution in [0.2, 0.25) is 0 Å². The van der Waals surface area contributed by atoms with Crippen molar-refractivity contribution in [1.29, 1.82) is 0 Å². The first-order valence-electron chi connectivity index (χ1n) is 14.2. The van der Waals surface area contributed by atoms with Gasteiger partial charge < -0.3 is 15.0 Å². The predicted molar refractivity (Wildman–Crippen MR) is 150 cm³/mol. The van der Waals surface area contributed by atoms with Gasteiger partial charge in [0.05, 0.1) is 31.3 Å². The molecule has 1 atom stereocenters. The van der Waals surface area contributed by atoms with Gasteiger partial charge >= 0.3 is 0 Å². The number of aromatic nitrogens is 4. The highest BCUT2D eigenvalue weighted by molar-refractivity contribution is 7.89. The molecule has 2 aliphatic carbocycles. The van der Waals surface area contributed by atoms with Crippen LogP contribution >= 0.6 is 0 Å². The molecule has 4 heterocycles. The van der Waals surface area contributed by atoms with Gasteiger partial charge in [-0.15, -0.1) is 0 Å². The minimum atomic E-state index is -3.11. The van der Waals surface area contributed by atoms with Crippen LogP contribution in [-0.2, 0) is 10.0 Å². The van der Waals surface area contributed by atoms with Gasteiger partial charge in [0, 0.05) is 31.6 Å². The molecule has 2 aromatic heterocycles. The Hall–Kier alpha value is -2.86. The quantitative estimate of drug-likeness (QED) is 0.497. The summed E-state index contributed by atoms with van der Waals surface area (Å²) >= 11 is 0. The third-order valence-corrected chi connectivity index (χ3v) is 10.4. The summed E-state index contributed by atoms with van der Waals surface area (Å²) in [5.74, 6) is 4.48. The second-order valence-electron chi connectivity index (χ2n) is 11.2. The smallest absolute Gasteiger partial charge is 0.227 e. The van der Waals surface area contributed by atoms with Crippen LogP contribution in [0.15, 0.2) is 17.5 Å². The minimum absolute atomic E-state index is 0.164. The van der Waals surface area contributed by atoms with Crippen LogP contribution in [0.25, 0.3) is 11.4 Å². The van der Waals surface area contributed by atoms with Gasteiger partial charge in [-0.1, -0.05) is 0 Å². The highest BCUT2D eigenvalue weighted by Gasteiger charge is 2.37. The fraction of sp³-hybridized carbons (Fsp3) is 0.667. The van der Waals surface area contributed by atoms with Crippen molar-refractivity contribution in [2.24, 2.45) is 16.8 Å². The maximum Gasteiger partial charge on any atom is 0.227 e. The van der Waals surface area contributed by atoms with E-state index in [-0.39, 0.29) is 5.75 Å². The lowest BCUT2D eigenvalue weighted by Crippen LogP contribution is -2.47.